The van der Waals surface area contributed by atoms with Gasteiger partial charge >= 0.3 is 6.03 Å². The number of hydrogen-bond acceptors (Lipinski definition) is 5. The van der Waals surface area contributed by atoms with Gasteiger partial charge in [-0.3, -0.25) is 4.98 Å². The fraction of sp³-hybridized carbons (Fsp3) is 0.667. The molecule has 2 aliphatic rings. The van der Waals surface area contributed by atoms with Crippen molar-refractivity contribution in [2.45, 2.75) is 44.4 Å². The van der Waals surface area contributed by atoms with Crippen molar-refractivity contribution < 1.29 is 9.53 Å². The summed E-state index contributed by atoms with van der Waals surface area (Å²) in [4.78, 5) is 22.2. The molecule has 1 aromatic heterocycles. The lowest BCUT2D eigenvalue weighted by Crippen LogP contribution is -2.44. The van der Waals surface area contributed by atoms with Crippen LogP contribution in [0.1, 0.15) is 26.7 Å². The van der Waals surface area contributed by atoms with Gasteiger partial charge in [-0.1, -0.05) is 0 Å². The standard InChI is InChI=1S/C15H23N5O2/c1-11(2)18-14(21)20-6-3-15(10-20)7-12(9-22-15)19-13-8-16-4-5-17-13/h4-5,8,11-12H,3,6-7,9-10H2,1-2H3,(H,17,19)(H,18,21)/t12-,15+/m1/s1. The van der Waals surface area contributed by atoms with E-state index in [-0.39, 0.29) is 23.7 Å². The van der Waals surface area contributed by atoms with Crippen LogP contribution >= 0.6 is 0 Å². The van der Waals surface area contributed by atoms with Gasteiger partial charge in [-0.2, -0.15) is 0 Å². The third-order valence-corrected chi connectivity index (χ3v) is 4.14. The van der Waals surface area contributed by atoms with Crippen molar-refractivity contribution >= 4 is 11.8 Å². The Hall–Kier alpha value is -1.89. The number of anilines is 1. The van der Waals surface area contributed by atoms with Crippen molar-refractivity contribution in [1.82, 2.24) is 20.2 Å². The molecule has 0 radical (unpaired) electrons. The third kappa shape index (κ3) is 3.30. The Balaban J connectivity index is 1.55. The molecule has 3 rings (SSSR count). The second-order valence-electron chi connectivity index (χ2n) is 6.41. The smallest absolute Gasteiger partial charge is 0.317 e. The minimum absolute atomic E-state index is 0.000750. The second-order valence-corrected chi connectivity index (χ2v) is 6.41. The number of aromatic nitrogens is 2. The van der Waals surface area contributed by atoms with Crippen molar-refractivity contribution in [2.24, 2.45) is 0 Å². The Bertz CT molecular complexity index is 524. The molecule has 2 N–H and O–H groups in total. The van der Waals surface area contributed by atoms with E-state index in [1.165, 1.54) is 0 Å². The molecule has 7 nitrogen and oxygen atoms in total. The summed E-state index contributed by atoms with van der Waals surface area (Å²) in [5.74, 6) is 0.764. The molecule has 0 saturated carbocycles. The number of carbonyl (C=O) groups is 1. The molecule has 0 bridgehead atoms. The monoisotopic (exact) mass is 305 g/mol. The Morgan fingerprint density at radius 1 is 1.50 bits per heavy atom. The number of amides is 2. The molecule has 22 heavy (non-hydrogen) atoms. The van der Waals surface area contributed by atoms with Gasteiger partial charge in [0.2, 0.25) is 0 Å². The molecule has 120 valence electrons. The van der Waals surface area contributed by atoms with Gasteiger partial charge in [-0.25, -0.2) is 9.78 Å². The zero-order valence-electron chi connectivity index (χ0n) is 13.1. The van der Waals surface area contributed by atoms with Gasteiger partial charge in [0.15, 0.2) is 0 Å². The SMILES string of the molecule is CC(C)NC(=O)N1CC[C@]2(C[C@@H](Nc3cnccn3)CO2)C1. The van der Waals surface area contributed by atoms with Crippen molar-refractivity contribution in [2.75, 3.05) is 25.0 Å². The van der Waals surface area contributed by atoms with Crippen LogP contribution in [0, 0.1) is 0 Å². The van der Waals surface area contributed by atoms with Crippen molar-refractivity contribution in [3.05, 3.63) is 18.6 Å². The van der Waals surface area contributed by atoms with Crippen LogP contribution in [0.4, 0.5) is 10.6 Å². The van der Waals surface area contributed by atoms with Crippen LogP contribution in [0.3, 0.4) is 0 Å². The van der Waals surface area contributed by atoms with Crippen LogP contribution in [0.15, 0.2) is 18.6 Å². The average Bonchev–Trinajstić information content (AvgIpc) is 3.07. The Kier molecular flexibility index (Phi) is 4.15. The first-order valence-corrected chi connectivity index (χ1v) is 7.78. The molecule has 0 aliphatic carbocycles. The Morgan fingerprint density at radius 2 is 2.36 bits per heavy atom. The number of rotatable bonds is 3. The van der Waals surface area contributed by atoms with E-state index in [2.05, 4.69) is 20.6 Å². The largest absolute Gasteiger partial charge is 0.371 e. The number of carbonyl (C=O) groups excluding carboxylic acids is 1. The number of nitrogens with zero attached hydrogens (tertiary/aromatic N) is 3. The number of likely N-dealkylation sites (tertiary alicyclic amines) is 1. The van der Waals surface area contributed by atoms with E-state index < -0.39 is 0 Å². The number of nitrogens with one attached hydrogen (secondary N) is 2. The number of urea groups is 1. The second kappa shape index (κ2) is 6.08. The lowest BCUT2D eigenvalue weighted by Gasteiger charge is -2.24. The molecule has 7 heteroatoms. The lowest BCUT2D eigenvalue weighted by molar-refractivity contribution is 0.0150. The summed E-state index contributed by atoms with van der Waals surface area (Å²) in [5.41, 5.74) is -0.214. The number of ether oxygens (including phenoxy) is 1. The molecule has 2 amide bonds. The molecule has 2 aliphatic heterocycles. The van der Waals surface area contributed by atoms with Crippen molar-refractivity contribution in [3.8, 4) is 0 Å². The first-order valence-electron chi connectivity index (χ1n) is 7.78. The minimum Gasteiger partial charge on any atom is -0.371 e. The maximum atomic E-state index is 12.1. The summed E-state index contributed by atoms with van der Waals surface area (Å²) in [6.07, 6.45) is 6.80. The van der Waals surface area contributed by atoms with Crippen LogP contribution in [-0.2, 0) is 4.74 Å². The molecule has 1 aromatic rings. The van der Waals surface area contributed by atoms with E-state index >= 15 is 0 Å². The molecular formula is C15H23N5O2. The first kappa shape index (κ1) is 15.0. The molecule has 0 aromatic carbocycles. The van der Waals surface area contributed by atoms with Gasteiger partial charge in [0, 0.05) is 31.4 Å². The van der Waals surface area contributed by atoms with E-state index in [0.29, 0.717) is 13.2 Å². The van der Waals surface area contributed by atoms with Crippen LogP contribution in [-0.4, -0.2) is 58.3 Å². The summed E-state index contributed by atoms with van der Waals surface area (Å²) in [6.45, 7) is 5.98. The molecule has 0 unspecified atom stereocenters. The maximum absolute atomic E-state index is 12.1. The molecule has 2 fully saturated rings. The molecule has 2 atom stereocenters. The highest BCUT2D eigenvalue weighted by Crippen LogP contribution is 2.35. The Morgan fingerprint density at radius 3 is 3.09 bits per heavy atom. The number of hydrogen-bond donors (Lipinski definition) is 2. The molecule has 3 heterocycles. The third-order valence-electron chi connectivity index (χ3n) is 4.14. The van der Waals surface area contributed by atoms with Crippen LogP contribution in [0.25, 0.3) is 0 Å². The highest BCUT2D eigenvalue weighted by atomic mass is 16.5. The van der Waals surface area contributed by atoms with Gasteiger partial charge in [0.25, 0.3) is 0 Å². The summed E-state index contributed by atoms with van der Waals surface area (Å²) < 4.78 is 6.04. The van der Waals surface area contributed by atoms with E-state index in [4.69, 9.17) is 4.74 Å². The summed E-state index contributed by atoms with van der Waals surface area (Å²) >= 11 is 0. The van der Waals surface area contributed by atoms with Gasteiger partial charge < -0.3 is 20.3 Å². The van der Waals surface area contributed by atoms with E-state index in [1.807, 2.05) is 18.7 Å². The van der Waals surface area contributed by atoms with E-state index in [0.717, 1.165) is 25.2 Å². The maximum Gasteiger partial charge on any atom is 0.317 e. The zero-order chi connectivity index (χ0) is 15.6. The summed E-state index contributed by atoms with van der Waals surface area (Å²) in [7, 11) is 0. The lowest BCUT2D eigenvalue weighted by atomic mass is 9.97. The van der Waals surface area contributed by atoms with Crippen LogP contribution in [0.5, 0.6) is 0 Å². The fourth-order valence-corrected chi connectivity index (χ4v) is 3.16. The minimum atomic E-state index is -0.214. The van der Waals surface area contributed by atoms with Crippen molar-refractivity contribution in [1.29, 1.82) is 0 Å². The summed E-state index contributed by atoms with van der Waals surface area (Å²) in [6, 6.07) is 0.366. The highest BCUT2D eigenvalue weighted by molar-refractivity contribution is 5.75. The zero-order valence-corrected chi connectivity index (χ0v) is 13.1. The van der Waals surface area contributed by atoms with Crippen molar-refractivity contribution in [3.63, 3.8) is 0 Å². The van der Waals surface area contributed by atoms with Gasteiger partial charge in [0.05, 0.1) is 31.0 Å². The fourth-order valence-electron chi connectivity index (χ4n) is 3.16. The topological polar surface area (TPSA) is 79.4 Å². The van der Waals surface area contributed by atoms with E-state index in [1.54, 1.807) is 18.6 Å². The van der Waals surface area contributed by atoms with Gasteiger partial charge in [-0.15, -0.1) is 0 Å². The summed E-state index contributed by atoms with van der Waals surface area (Å²) in [5, 5.41) is 6.29. The first-order chi connectivity index (χ1) is 10.6. The average molecular weight is 305 g/mol. The molecule has 2 saturated heterocycles. The van der Waals surface area contributed by atoms with Gasteiger partial charge in [0.1, 0.15) is 5.82 Å². The normalized spacial score (nSPS) is 27.6. The van der Waals surface area contributed by atoms with Crippen LogP contribution in [0.2, 0.25) is 0 Å². The van der Waals surface area contributed by atoms with E-state index in [9.17, 15) is 4.79 Å². The predicted octanol–water partition coefficient (Wildman–Crippen LogP) is 1.24. The predicted molar refractivity (Wildman–Crippen MR) is 82.6 cm³/mol. The highest BCUT2D eigenvalue weighted by Gasteiger charge is 2.46. The molecule has 1 spiro atoms. The quantitative estimate of drug-likeness (QED) is 0.878. The molecular weight excluding hydrogens is 282 g/mol. The van der Waals surface area contributed by atoms with Crippen LogP contribution < -0.4 is 10.6 Å². The Labute approximate surface area is 130 Å². The van der Waals surface area contributed by atoms with Gasteiger partial charge in [-0.05, 0) is 20.3 Å².